The maximum atomic E-state index is 5.13. The van der Waals surface area contributed by atoms with Gasteiger partial charge in [-0.1, -0.05) is 30.4 Å². The highest BCUT2D eigenvalue weighted by Crippen LogP contribution is 2.15. The highest BCUT2D eigenvalue weighted by molar-refractivity contribution is 5.54. The molecule has 0 bridgehead atoms. The zero-order chi connectivity index (χ0) is 12.1. The van der Waals surface area contributed by atoms with Crippen LogP contribution >= 0.6 is 0 Å². The van der Waals surface area contributed by atoms with Gasteiger partial charge in [-0.3, -0.25) is 0 Å². The van der Waals surface area contributed by atoms with E-state index in [1.807, 2.05) is 12.1 Å². The number of hydrogen-bond acceptors (Lipinski definition) is 2. The van der Waals surface area contributed by atoms with Crippen LogP contribution in [0.25, 0.3) is 6.08 Å². The van der Waals surface area contributed by atoms with Crippen LogP contribution in [-0.4, -0.2) is 32.1 Å². The van der Waals surface area contributed by atoms with Gasteiger partial charge >= 0.3 is 0 Å². The van der Waals surface area contributed by atoms with Crippen LogP contribution in [0.2, 0.25) is 0 Å². The molecule has 0 spiro atoms. The first-order valence-electron chi connectivity index (χ1n) is 5.97. The molecule has 1 aromatic carbocycles. The van der Waals surface area contributed by atoms with Crippen molar-refractivity contribution in [3.63, 3.8) is 0 Å². The van der Waals surface area contributed by atoms with Gasteiger partial charge in [0.1, 0.15) is 5.75 Å². The molecule has 17 heavy (non-hydrogen) atoms. The number of nitrogens with zero attached hydrogens (tertiary/aromatic N) is 1. The lowest BCUT2D eigenvalue weighted by Crippen LogP contribution is -2.23. The molecular weight excluding hydrogens is 210 g/mol. The summed E-state index contributed by atoms with van der Waals surface area (Å²) in [5.41, 5.74) is 2.64. The Morgan fingerprint density at radius 2 is 1.94 bits per heavy atom. The number of ether oxygens (including phenoxy) is 1. The molecule has 1 aliphatic rings. The van der Waals surface area contributed by atoms with Gasteiger partial charge in [-0.05, 0) is 36.7 Å². The van der Waals surface area contributed by atoms with E-state index in [0.29, 0.717) is 0 Å². The Kier molecular flexibility index (Phi) is 3.99. The summed E-state index contributed by atoms with van der Waals surface area (Å²) in [4.78, 5) is 2.32. The minimum atomic E-state index is 0.903. The van der Waals surface area contributed by atoms with Crippen LogP contribution in [0, 0.1) is 0 Å². The van der Waals surface area contributed by atoms with Gasteiger partial charge in [-0.15, -0.1) is 0 Å². The van der Waals surface area contributed by atoms with Crippen molar-refractivity contribution in [2.75, 3.05) is 27.2 Å². The van der Waals surface area contributed by atoms with Gasteiger partial charge in [0.2, 0.25) is 0 Å². The first-order valence-corrected chi connectivity index (χ1v) is 5.97. The summed E-state index contributed by atoms with van der Waals surface area (Å²) >= 11 is 0. The zero-order valence-electron chi connectivity index (χ0n) is 10.5. The van der Waals surface area contributed by atoms with Crippen molar-refractivity contribution in [1.82, 2.24) is 4.90 Å². The van der Waals surface area contributed by atoms with Crippen molar-refractivity contribution < 1.29 is 4.74 Å². The lowest BCUT2D eigenvalue weighted by Gasteiger charge is -2.20. The van der Waals surface area contributed by atoms with Crippen LogP contribution in [0.5, 0.6) is 5.75 Å². The molecule has 1 heterocycles. The molecule has 0 unspecified atom stereocenters. The van der Waals surface area contributed by atoms with Crippen molar-refractivity contribution in [2.45, 2.75) is 6.42 Å². The first kappa shape index (κ1) is 11.9. The van der Waals surface area contributed by atoms with Gasteiger partial charge in [0.15, 0.2) is 0 Å². The Labute approximate surface area is 103 Å². The van der Waals surface area contributed by atoms with Crippen molar-refractivity contribution in [2.24, 2.45) is 0 Å². The van der Waals surface area contributed by atoms with E-state index in [4.69, 9.17) is 4.74 Å². The van der Waals surface area contributed by atoms with Crippen LogP contribution in [0.1, 0.15) is 12.0 Å². The van der Waals surface area contributed by atoms with Gasteiger partial charge in [0.25, 0.3) is 0 Å². The van der Waals surface area contributed by atoms with Gasteiger partial charge in [0.05, 0.1) is 7.11 Å². The fraction of sp³-hybridized carbons (Fsp3) is 0.333. The van der Waals surface area contributed by atoms with E-state index < -0.39 is 0 Å². The van der Waals surface area contributed by atoms with Crippen molar-refractivity contribution in [1.29, 1.82) is 0 Å². The van der Waals surface area contributed by atoms with Crippen molar-refractivity contribution in [3.05, 3.63) is 47.6 Å². The molecule has 1 aromatic rings. The Balaban J connectivity index is 2.00. The van der Waals surface area contributed by atoms with Gasteiger partial charge in [0, 0.05) is 13.1 Å². The van der Waals surface area contributed by atoms with Crippen LogP contribution in [0.15, 0.2) is 42.0 Å². The quantitative estimate of drug-likeness (QED) is 0.790. The summed E-state index contributed by atoms with van der Waals surface area (Å²) in [7, 11) is 3.84. The largest absolute Gasteiger partial charge is 0.497 e. The minimum absolute atomic E-state index is 0.903. The average molecular weight is 229 g/mol. The smallest absolute Gasteiger partial charge is 0.118 e. The van der Waals surface area contributed by atoms with E-state index in [9.17, 15) is 0 Å². The summed E-state index contributed by atoms with van der Waals surface area (Å²) in [6, 6.07) is 8.13. The second-order valence-corrected chi connectivity index (χ2v) is 4.40. The van der Waals surface area contributed by atoms with E-state index in [2.05, 4.69) is 42.3 Å². The lowest BCUT2D eigenvalue weighted by atomic mass is 10.1. The van der Waals surface area contributed by atoms with E-state index >= 15 is 0 Å². The van der Waals surface area contributed by atoms with E-state index in [0.717, 1.165) is 25.3 Å². The molecule has 2 rings (SSSR count). The Morgan fingerprint density at radius 3 is 2.53 bits per heavy atom. The normalized spacial score (nSPS) is 17.2. The Bertz CT molecular complexity index is 417. The Morgan fingerprint density at radius 1 is 1.18 bits per heavy atom. The molecule has 0 atom stereocenters. The average Bonchev–Trinajstić information content (AvgIpc) is 2.39. The molecule has 0 radical (unpaired) electrons. The highest BCUT2D eigenvalue weighted by atomic mass is 16.5. The SMILES string of the molecule is COc1ccc(/C=C/C2=CCN(C)CC2)cc1. The number of methoxy groups -OCH3 is 1. The summed E-state index contributed by atoms with van der Waals surface area (Å²) in [6.45, 7) is 2.21. The zero-order valence-corrected chi connectivity index (χ0v) is 10.5. The monoisotopic (exact) mass is 229 g/mol. The molecule has 2 heteroatoms. The maximum Gasteiger partial charge on any atom is 0.118 e. The Hall–Kier alpha value is -1.54. The molecule has 0 fully saturated rings. The van der Waals surface area contributed by atoms with Crippen LogP contribution in [0.3, 0.4) is 0 Å². The molecule has 0 saturated heterocycles. The fourth-order valence-corrected chi connectivity index (χ4v) is 1.86. The number of hydrogen-bond donors (Lipinski definition) is 0. The molecule has 0 aliphatic carbocycles. The van der Waals surface area contributed by atoms with Gasteiger partial charge < -0.3 is 9.64 Å². The summed E-state index contributed by atoms with van der Waals surface area (Å²) in [5.74, 6) is 0.903. The molecule has 0 saturated carbocycles. The van der Waals surface area contributed by atoms with E-state index in [1.54, 1.807) is 7.11 Å². The third kappa shape index (κ3) is 3.46. The summed E-state index contributed by atoms with van der Waals surface area (Å²) in [5, 5.41) is 0. The third-order valence-electron chi connectivity index (χ3n) is 3.05. The summed E-state index contributed by atoms with van der Waals surface area (Å²) < 4.78 is 5.13. The van der Waals surface area contributed by atoms with Crippen LogP contribution in [-0.2, 0) is 0 Å². The molecule has 2 nitrogen and oxygen atoms in total. The van der Waals surface area contributed by atoms with E-state index in [1.165, 1.54) is 11.1 Å². The standard InChI is InChI=1S/C15H19NO/c1-16-11-9-14(10-12-16)4-3-13-5-7-15(17-2)8-6-13/h3-9H,10-12H2,1-2H3/b4-3+. The number of benzene rings is 1. The molecule has 90 valence electrons. The fourth-order valence-electron chi connectivity index (χ4n) is 1.86. The predicted octanol–water partition coefficient (Wildman–Crippen LogP) is 2.97. The molecule has 0 N–H and O–H groups in total. The maximum absolute atomic E-state index is 5.13. The predicted molar refractivity (Wildman–Crippen MR) is 72.2 cm³/mol. The number of likely N-dealkylation sites (N-methyl/N-ethyl adjacent to an activating group) is 1. The first-order chi connectivity index (χ1) is 8.28. The number of allylic oxidation sites excluding steroid dienone is 1. The van der Waals surface area contributed by atoms with Gasteiger partial charge in [-0.25, -0.2) is 0 Å². The summed E-state index contributed by atoms with van der Waals surface area (Å²) in [6.07, 6.45) is 7.82. The van der Waals surface area contributed by atoms with Gasteiger partial charge in [-0.2, -0.15) is 0 Å². The molecule has 1 aliphatic heterocycles. The van der Waals surface area contributed by atoms with Crippen molar-refractivity contribution in [3.8, 4) is 5.75 Å². The van der Waals surface area contributed by atoms with Crippen molar-refractivity contribution >= 4 is 6.08 Å². The molecule has 0 aromatic heterocycles. The molecule has 0 amide bonds. The third-order valence-corrected chi connectivity index (χ3v) is 3.05. The molecular formula is C15H19NO. The minimum Gasteiger partial charge on any atom is -0.497 e. The second-order valence-electron chi connectivity index (χ2n) is 4.40. The van der Waals surface area contributed by atoms with Crippen LogP contribution < -0.4 is 4.74 Å². The highest BCUT2D eigenvalue weighted by Gasteiger charge is 2.04. The van der Waals surface area contributed by atoms with Crippen LogP contribution in [0.4, 0.5) is 0 Å². The topological polar surface area (TPSA) is 12.5 Å². The van der Waals surface area contributed by atoms with E-state index in [-0.39, 0.29) is 0 Å². The lowest BCUT2D eigenvalue weighted by molar-refractivity contribution is 0.361. The second kappa shape index (κ2) is 5.69. The number of rotatable bonds is 3.